The molecule has 1 heterocycles. The van der Waals surface area contributed by atoms with Gasteiger partial charge in [0.1, 0.15) is 0 Å². The molecular weight excluding hydrogens is 272 g/mol. The molecule has 0 saturated heterocycles. The summed E-state index contributed by atoms with van der Waals surface area (Å²) in [6.07, 6.45) is 1.66. The third-order valence-electron chi connectivity index (χ3n) is 3.14. The van der Waals surface area contributed by atoms with Crippen molar-refractivity contribution in [1.82, 2.24) is 10.3 Å². The van der Waals surface area contributed by atoms with E-state index in [1.54, 1.807) is 19.4 Å². The van der Waals surface area contributed by atoms with Crippen LogP contribution in [0.5, 0.6) is 17.2 Å². The van der Waals surface area contributed by atoms with Gasteiger partial charge in [-0.2, -0.15) is 0 Å². The van der Waals surface area contributed by atoms with Crippen molar-refractivity contribution in [3.05, 3.63) is 17.8 Å². The lowest BCUT2D eigenvalue weighted by atomic mass is 10.1. The van der Waals surface area contributed by atoms with Gasteiger partial charge in [-0.15, -0.1) is 0 Å². The van der Waals surface area contributed by atoms with E-state index in [4.69, 9.17) is 14.2 Å². The quantitative estimate of drug-likeness (QED) is 0.887. The number of nitrogens with one attached hydrogen (secondary N) is 2. The molecule has 0 atom stereocenters. The molecule has 1 amide bonds. The number of aromatic nitrogens is 1. The van der Waals surface area contributed by atoms with Gasteiger partial charge < -0.3 is 24.5 Å². The van der Waals surface area contributed by atoms with Gasteiger partial charge in [0.05, 0.1) is 37.8 Å². The van der Waals surface area contributed by atoms with Gasteiger partial charge in [0.15, 0.2) is 11.5 Å². The summed E-state index contributed by atoms with van der Waals surface area (Å²) in [5, 5.41) is 3.54. The van der Waals surface area contributed by atoms with Crippen LogP contribution in [-0.2, 0) is 0 Å². The van der Waals surface area contributed by atoms with Crippen molar-refractivity contribution in [3.8, 4) is 17.2 Å². The highest BCUT2D eigenvalue weighted by Gasteiger charge is 2.22. The van der Waals surface area contributed by atoms with E-state index in [1.165, 1.54) is 14.2 Å². The predicted molar refractivity (Wildman–Crippen MR) is 80.6 cm³/mol. The number of carbonyl (C=O) groups excluding carboxylic acids is 1. The van der Waals surface area contributed by atoms with Crippen LogP contribution in [0.25, 0.3) is 10.9 Å². The SMILES string of the molecule is COc1cc2[nH]cc(C(=O)NC(C)C)c2c(OC)c1OC. The molecule has 21 heavy (non-hydrogen) atoms. The van der Waals surface area contributed by atoms with E-state index < -0.39 is 0 Å². The van der Waals surface area contributed by atoms with Crippen LogP contribution in [0, 0.1) is 0 Å². The zero-order valence-corrected chi connectivity index (χ0v) is 12.9. The first kappa shape index (κ1) is 15.0. The summed E-state index contributed by atoms with van der Waals surface area (Å²) in [5.41, 5.74) is 1.26. The first-order valence-corrected chi connectivity index (χ1v) is 6.64. The maximum absolute atomic E-state index is 12.3. The second kappa shape index (κ2) is 5.95. The molecule has 6 heteroatoms. The number of hydrogen-bond acceptors (Lipinski definition) is 4. The van der Waals surface area contributed by atoms with Gasteiger partial charge in [0.2, 0.25) is 5.75 Å². The molecule has 6 nitrogen and oxygen atoms in total. The van der Waals surface area contributed by atoms with Crippen molar-refractivity contribution in [2.24, 2.45) is 0 Å². The van der Waals surface area contributed by atoms with E-state index >= 15 is 0 Å². The Labute approximate surface area is 123 Å². The van der Waals surface area contributed by atoms with Gasteiger partial charge in [-0.25, -0.2) is 0 Å². The summed E-state index contributed by atoms with van der Waals surface area (Å²) in [6.45, 7) is 3.82. The normalized spacial score (nSPS) is 10.8. The highest BCUT2D eigenvalue weighted by Crippen LogP contribution is 2.44. The molecule has 0 fully saturated rings. The van der Waals surface area contributed by atoms with Gasteiger partial charge in [0, 0.05) is 18.3 Å². The average molecular weight is 292 g/mol. The molecule has 2 rings (SSSR count). The molecule has 0 aliphatic heterocycles. The van der Waals surface area contributed by atoms with Crippen LogP contribution >= 0.6 is 0 Å². The lowest BCUT2D eigenvalue weighted by Gasteiger charge is -2.14. The van der Waals surface area contributed by atoms with Crippen LogP contribution in [0.15, 0.2) is 12.3 Å². The van der Waals surface area contributed by atoms with Crippen molar-refractivity contribution < 1.29 is 19.0 Å². The maximum atomic E-state index is 12.3. The molecule has 0 saturated carbocycles. The van der Waals surface area contributed by atoms with Crippen LogP contribution in [0.3, 0.4) is 0 Å². The first-order chi connectivity index (χ1) is 10.0. The second-order valence-electron chi connectivity index (χ2n) is 4.90. The Bertz CT molecular complexity index is 661. The monoisotopic (exact) mass is 292 g/mol. The average Bonchev–Trinajstić information content (AvgIpc) is 2.87. The second-order valence-corrected chi connectivity index (χ2v) is 4.90. The molecular formula is C15H20N2O4. The summed E-state index contributed by atoms with van der Waals surface area (Å²) in [7, 11) is 4.62. The van der Waals surface area contributed by atoms with Crippen LogP contribution in [0.2, 0.25) is 0 Å². The van der Waals surface area contributed by atoms with Crippen LogP contribution in [-0.4, -0.2) is 38.3 Å². The van der Waals surface area contributed by atoms with E-state index in [1.807, 2.05) is 13.8 Å². The van der Waals surface area contributed by atoms with Gasteiger partial charge in [-0.1, -0.05) is 0 Å². The van der Waals surface area contributed by atoms with Gasteiger partial charge in [-0.3, -0.25) is 4.79 Å². The van der Waals surface area contributed by atoms with Gasteiger partial charge in [-0.05, 0) is 13.8 Å². The van der Waals surface area contributed by atoms with E-state index in [0.717, 1.165) is 5.52 Å². The Morgan fingerprint density at radius 3 is 2.33 bits per heavy atom. The Hall–Kier alpha value is -2.37. The Kier molecular flexibility index (Phi) is 4.26. The summed E-state index contributed by atoms with van der Waals surface area (Å²) in [6, 6.07) is 1.83. The number of H-pyrrole nitrogens is 1. The van der Waals surface area contributed by atoms with Crippen LogP contribution in [0.4, 0.5) is 0 Å². The molecule has 114 valence electrons. The Morgan fingerprint density at radius 2 is 1.81 bits per heavy atom. The van der Waals surface area contributed by atoms with E-state index in [0.29, 0.717) is 28.2 Å². The van der Waals surface area contributed by atoms with Crippen molar-refractivity contribution >= 4 is 16.8 Å². The van der Waals surface area contributed by atoms with E-state index in [2.05, 4.69) is 10.3 Å². The lowest BCUT2D eigenvalue weighted by Crippen LogP contribution is -2.29. The molecule has 2 N–H and O–H groups in total. The number of benzene rings is 1. The standard InChI is InChI=1S/C15H20N2O4/c1-8(2)17-15(18)9-7-16-10-6-11(19-3)13(20-4)14(21-5)12(9)10/h6-8,16H,1-5H3,(H,17,18). The highest BCUT2D eigenvalue weighted by molar-refractivity contribution is 6.10. The lowest BCUT2D eigenvalue weighted by molar-refractivity contribution is 0.0944. The Balaban J connectivity index is 2.68. The number of amides is 1. The minimum atomic E-state index is -0.165. The topological polar surface area (TPSA) is 72.6 Å². The number of ether oxygens (including phenoxy) is 3. The molecule has 0 spiro atoms. The molecule has 2 aromatic rings. The molecule has 0 aliphatic rings. The van der Waals surface area contributed by atoms with Crippen molar-refractivity contribution in [1.29, 1.82) is 0 Å². The third kappa shape index (κ3) is 2.61. The molecule has 1 aromatic heterocycles. The van der Waals surface area contributed by atoms with Crippen LogP contribution in [0.1, 0.15) is 24.2 Å². The zero-order chi connectivity index (χ0) is 15.6. The molecule has 0 bridgehead atoms. The van der Waals surface area contributed by atoms with E-state index in [-0.39, 0.29) is 11.9 Å². The molecule has 0 unspecified atom stereocenters. The number of carbonyl (C=O) groups is 1. The number of methoxy groups -OCH3 is 3. The van der Waals surface area contributed by atoms with Crippen molar-refractivity contribution in [2.45, 2.75) is 19.9 Å². The van der Waals surface area contributed by atoms with E-state index in [9.17, 15) is 4.79 Å². The zero-order valence-electron chi connectivity index (χ0n) is 12.9. The Morgan fingerprint density at radius 1 is 1.14 bits per heavy atom. The highest BCUT2D eigenvalue weighted by atomic mass is 16.5. The summed E-state index contributed by atoms with van der Waals surface area (Å²) in [5.74, 6) is 1.31. The minimum absolute atomic E-state index is 0.0496. The minimum Gasteiger partial charge on any atom is -0.493 e. The molecule has 0 aliphatic carbocycles. The number of rotatable bonds is 5. The maximum Gasteiger partial charge on any atom is 0.253 e. The largest absolute Gasteiger partial charge is 0.493 e. The first-order valence-electron chi connectivity index (χ1n) is 6.64. The van der Waals surface area contributed by atoms with Crippen molar-refractivity contribution in [3.63, 3.8) is 0 Å². The van der Waals surface area contributed by atoms with Gasteiger partial charge in [0.25, 0.3) is 5.91 Å². The summed E-state index contributed by atoms with van der Waals surface area (Å²) in [4.78, 5) is 15.4. The summed E-state index contributed by atoms with van der Waals surface area (Å²) >= 11 is 0. The molecule has 0 radical (unpaired) electrons. The van der Waals surface area contributed by atoms with Crippen LogP contribution < -0.4 is 19.5 Å². The fourth-order valence-corrected chi connectivity index (χ4v) is 2.28. The van der Waals surface area contributed by atoms with Gasteiger partial charge >= 0.3 is 0 Å². The van der Waals surface area contributed by atoms with Crippen molar-refractivity contribution in [2.75, 3.05) is 21.3 Å². The third-order valence-corrected chi connectivity index (χ3v) is 3.14. The summed E-state index contributed by atoms with van der Waals surface area (Å²) < 4.78 is 16.1. The predicted octanol–water partition coefficient (Wildman–Crippen LogP) is 2.33. The smallest absolute Gasteiger partial charge is 0.253 e. The fourth-order valence-electron chi connectivity index (χ4n) is 2.28. The number of fused-ring (bicyclic) bond motifs is 1. The number of aromatic amines is 1. The molecule has 1 aromatic carbocycles. The fraction of sp³-hybridized carbons (Fsp3) is 0.400. The number of hydrogen-bond donors (Lipinski definition) is 2.